The van der Waals surface area contributed by atoms with Crippen molar-refractivity contribution in [3.05, 3.63) is 50.0 Å². The van der Waals surface area contributed by atoms with Crippen molar-refractivity contribution in [2.45, 2.75) is 0 Å². The fraction of sp³-hybridized carbons (Fsp3) is 0. The lowest BCUT2D eigenvalue weighted by molar-refractivity contribution is 0.0632. The van der Waals surface area contributed by atoms with Gasteiger partial charge in [-0.1, -0.05) is 0 Å². The number of hydrogen-bond donors (Lipinski definition) is 2. The molecule has 1 aromatic rings. The Bertz CT molecular complexity index is 296. The molecule has 0 amide bonds. The standard InChI is InChI=1S/C6H4O5.2C2H4/c7-5(8)3-1-2-4(11-3)6(9)10;2*1-2/h1-2H,(H,7,8)(H,9,10);2*1-2H2. The highest BCUT2D eigenvalue weighted by atomic mass is 16.4. The van der Waals surface area contributed by atoms with Crippen LogP contribution in [0.1, 0.15) is 21.1 Å². The minimum Gasteiger partial charge on any atom is -0.475 e. The Labute approximate surface area is 87.0 Å². The zero-order chi connectivity index (χ0) is 12.4. The van der Waals surface area contributed by atoms with E-state index in [1.54, 1.807) is 0 Å². The number of carboxylic acids is 2. The van der Waals surface area contributed by atoms with Crippen molar-refractivity contribution in [1.82, 2.24) is 0 Å². The van der Waals surface area contributed by atoms with Gasteiger partial charge < -0.3 is 14.6 Å². The topological polar surface area (TPSA) is 87.7 Å². The Balaban J connectivity index is 0. The van der Waals surface area contributed by atoms with E-state index >= 15 is 0 Å². The monoisotopic (exact) mass is 212 g/mol. The fourth-order valence-corrected chi connectivity index (χ4v) is 0.568. The molecule has 15 heavy (non-hydrogen) atoms. The minimum absolute atomic E-state index is 0.373. The Kier molecular flexibility index (Phi) is 8.41. The zero-order valence-corrected chi connectivity index (χ0v) is 8.10. The summed E-state index contributed by atoms with van der Waals surface area (Å²) < 4.78 is 4.41. The van der Waals surface area contributed by atoms with Gasteiger partial charge in [-0.25, -0.2) is 9.59 Å². The number of carbonyl (C=O) groups is 2. The van der Waals surface area contributed by atoms with Crippen LogP contribution in [-0.4, -0.2) is 22.2 Å². The third-order valence-electron chi connectivity index (χ3n) is 1.03. The Morgan fingerprint density at radius 3 is 1.33 bits per heavy atom. The molecule has 5 nitrogen and oxygen atoms in total. The first kappa shape index (κ1) is 15.2. The van der Waals surface area contributed by atoms with E-state index in [-0.39, 0.29) is 11.5 Å². The van der Waals surface area contributed by atoms with Gasteiger partial charge in [-0.3, -0.25) is 0 Å². The maximum absolute atomic E-state index is 10.2. The van der Waals surface area contributed by atoms with E-state index in [1.165, 1.54) is 0 Å². The maximum atomic E-state index is 10.2. The average molecular weight is 212 g/mol. The number of aromatic carboxylic acids is 2. The molecule has 0 unspecified atom stereocenters. The number of carboxylic acid groups (broad SMARTS) is 2. The summed E-state index contributed by atoms with van der Waals surface area (Å²) in [6, 6.07) is 2.18. The van der Waals surface area contributed by atoms with Gasteiger partial charge in [-0.05, 0) is 12.1 Å². The highest BCUT2D eigenvalue weighted by molar-refractivity contribution is 5.88. The van der Waals surface area contributed by atoms with Gasteiger partial charge in [0.1, 0.15) is 0 Å². The molecule has 0 spiro atoms. The van der Waals surface area contributed by atoms with E-state index < -0.39 is 11.9 Å². The molecule has 0 aromatic carbocycles. The van der Waals surface area contributed by atoms with E-state index in [0.29, 0.717) is 0 Å². The molecular weight excluding hydrogens is 200 g/mol. The van der Waals surface area contributed by atoms with E-state index in [1.807, 2.05) is 0 Å². The predicted octanol–water partition coefficient (Wildman–Crippen LogP) is 2.28. The summed E-state index contributed by atoms with van der Waals surface area (Å²) in [5.41, 5.74) is 0. The summed E-state index contributed by atoms with van der Waals surface area (Å²) in [6.07, 6.45) is 0. The minimum atomic E-state index is -1.28. The SMILES string of the molecule is C=C.C=C.O=C(O)c1ccc(C(=O)O)o1. The van der Waals surface area contributed by atoms with Crippen LogP contribution in [0.5, 0.6) is 0 Å². The Hall–Kier alpha value is -2.30. The molecule has 0 fully saturated rings. The summed E-state index contributed by atoms with van der Waals surface area (Å²) >= 11 is 0. The summed E-state index contributed by atoms with van der Waals surface area (Å²) in [6.45, 7) is 12.0. The molecule has 0 aliphatic rings. The molecule has 82 valence electrons. The van der Waals surface area contributed by atoms with Gasteiger partial charge in [0.2, 0.25) is 11.5 Å². The largest absolute Gasteiger partial charge is 0.475 e. The summed E-state index contributed by atoms with van der Waals surface area (Å²) in [5, 5.41) is 16.6. The van der Waals surface area contributed by atoms with Gasteiger partial charge in [-0.15, -0.1) is 26.3 Å². The quantitative estimate of drug-likeness (QED) is 0.734. The first-order valence-electron chi connectivity index (χ1n) is 3.67. The van der Waals surface area contributed by atoms with Crippen LogP contribution in [0.15, 0.2) is 42.9 Å². The molecule has 0 saturated carbocycles. The third-order valence-corrected chi connectivity index (χ3v) is 1.03. The van der Waals surface area contributed by atoms with Crippen LogP contribution in [0.25, 0.3) is 0 Å². The van der Waals surface area contributed by atoms with Gasteiger partial charge >= 0.3 is 11.9 Å². The summed E-state index contributed by atoms with van der Waals surface area (Å²) in [5.74, 6) is -3.31. The first-order chi connectivity index (χ1) is 7.11. The average Bonchev–Trinajstić information content (AvgIpc) is 2.73. The smallest absolute Gasteiger partial charge is 0.371 e. The molecule has 0 radical (unpaired) electrons. The Morgan fingerprint density at radius 1 is 0.933 bits per heavy atom. The number of hydrogen-bond acceptors (Lipinski definition) is 3. The lowest BCUT2D eigenvalue weighted by Gasteiger charge is -1.84. The van der Waals surface area contributed by atoms with Crippen LogP contribution in [-0.2, 0) is 0 Å². The lowest BCUT2D eigenvalue weighted by atomic mass is 10.4. The Morgan fingerprint density at radius 2 is 1.20 bits per heavy atom. The highest BCUT2D eigenvalue weighted by Crippen LogP contribution is 2.06. The normalized spacial score (nSPS) is 7.47. The van der Waals surface area contributed by atoms with Crippen LogP contribution in [0.4, 0.5) is 0 Å². The lowest BCUT2D eigenvalue weighted by Crippen LogP contribution is -1.94. The number of furan rings is 1. The number of rotatable bonds is 2. The molecule has 1 heterocycles. The first-order valence-corrected chi connectivity index (χ1v) is 3.67. The van der Waals surface area contributed by atoms with Crippen molar-refractivity contribution < 1.29 is 24.2 Å². The predicted molar refractivity (Wildman–Crippen MR) is 55.1 cm³/mol. The van der Waals surface area contributed by atoms with Crippen LogP contribution in [0, 0.1) is 0 Å². The summed E-state index contributed by atoms with van der Waals surface area (Å²) in [7, 11) is 0. The van der Waals surface area contributed by atoms with Crippen LogP contribution in [0.2, 0.25) is 0 Å². The second-order valence-corrected chi connectivity index (χ2v) is 1.77. The van der Waals surface area contributed by atoms with Gasteiger partial charge in [0.15, 0.2) is 0 Å². The maximum Gasteiger partial charge on any atom is 0.371 e. The van der Waals surface area contributed by atoms with Crippen molar-refractivity contribution >= 4 is 11.9 Å². The molecule has 5 heteroatoms. The third kappa shape index (κ3) is 5.09. The van der Waals surface area contributed by atoms with Crippen LogP contribution < -0.4 is 0 Å². The molecule has 1 rings (SSSR count). The van der Waals surface area contributed by atoms with Crippen molar-refractivity contribution in [2.24, 2.45) is 0 Å². The van der Waals surface area contributed by atoms with Crippen molar-refractivity contribution in [3.63, 3.8) is 0 Å². The van der Waals surface area contributed by atoms with Crippen molar-refractivity contribution in [3.8, 4) is 0 Å². The van der Waals surface area contributed by atoms with Crippen LogP contribution >= 0.6 is 0 Å². The molecule has 0 atom stereocenters. The zero-order valence-electron chi connectivity index (χ0n) is 8.10. The van der Waals surface area contributed by atoms with Crippen molar-refractivity contribution in [2.75, 3.05) is 0 Å². The van der Waals surface area contributed by atoms with Crippen molar-refractivity contribution in [1.29, 1.82) is 0 Å². The fourth-order valence-electron chi connectivity index (χ4n) is 0.568. The van der Waals surface area contributed by atoms with Gasteiger partial charge in [-0.2, -0.15) is 0 Å². The van der Waals surface area contributed by atoms with E-state index in [4.69, 9.17) is 10.2 Å². The van der Waals surface area contributed by atoms with Gasteiger partial charge in [0.25, 0.3) is 0 Å². The van der Waals surface area contributed by atoms with E-state index in [0.717, 1.165) is 12.1 Å². The summed E-state index contributed by atoms with van der Waals surface area (Å²) in [4.78, 5) is 20.3. The molecule has 0 aliphatic carbocycles. The van der Waals surface area contributed by atoms with Gasteiger partial charge in [0.05, 0.1) is 0 Å². The second kappa shape index (κ2) is 8.31. The molecule has 0 aliphatic heterocycles. The van der Waals surface area contributed by atoms with Gasteiger partial charge in [0, 0.05) is 0 Å². The molecule has 0 bridgehead atoms. The van der Waals surface area contributed by atoms with Crippen LogP contribution in [0.3, 0.4) is 0 Å². The molecular formula is C10H12O5. The molecule has 2 N–H and O–H groups in total. The van der Waals surface area contributed by atoms with E-state index in [9.17, 15) is 9.59 Å². The van der Waals surface area contributed by atoms with E-state index in [2.05, 4.69) is 30.7 Å². The second-order valence-electron chi connectivity index (χ2n) is 1.77. The molecule has 0 saturated heterocycles. The highest BCUT2D eigenvalue weighted by Gasteiger charge is 2.12. The molecule has 1 aromatic heterocycles.